The molecule has 0 aliphatic rings. The third kappa shape index (κ3) is 3.17. The molecule has 14 heavy (non-hydrogen) atoms. The molecule has 0 atom stereocenters. The van der Waals surface area contributed by atoms with Crippen LogP contribution in [0.3, 0.4) is 0 Å². The second-order valence-electron chi connectivity index (χ2n) is 2.92. The maximum absolute atomic E-state index is 10.7. The van der Waals surface area contributed by atoms with Gasteiger partial charge in [-0.15, -0.1) is 0 Å². The van der Waals surface area contributed by atoms with Crippen LogP contribution < -0.4 is 0 Å². The van der Waals surface area contributed by atoms with Crippen LogP contribution in [0.2, 0.25) is 0 Å². The molecule has 1 N–H and O–H groups in total. The fourth-order valence-corrected chi connectivity index (χ4v) is 1.48. The third-order valence-electron chi connectivity index (χ3n) is 1.94. The highest BCUT2D eigenvalue weighted by Crippen LogP contribution is 2.09. The number of rotatable bonds is 3. The van der Waals surface area contributed by atoms with Crippen molar-refractivity contribution in [2.75, 3.05) is 6.54 Å². The van der Waals surface area contributed by atoms with E-state index in [9.17, 15) is 4.79 Å². The fraction of sp³-hybridized carbons (Fsp3) is 0.300. The van der Waals surface area contributed by atoms with Crippen LogP contribution in [0.25, 0.3) is 0 Å². The number of carbonyl (C=O) groups is 1. The Labute approximate surface area is 96.9 Å². The van der Waals surface area contributed by atoms with Gasteiger partial charge in [0.25, 0.3) is 0 Å². The van der Waals surface area contributed by atoms with Gasteiger partial charge in [-0.3, -0.25) is 0 Å². The first kappa shape index (κ1) is 11.3. The molecule has 0 fully saturated rings. The van der Waals surface area contributed by atoms with Gasteiger partial charge in [-0.1, -0.05) is 12.1 Å². The van der Waals surface area contributed by atoms with E-state index in [4.69, 9.17) is 5.11 Å². The number of amides is 1. The molecule has 0 unspecified atom stereocenters. The molecule has 76 valence electrons. The Morgan fingerprint density at radius 2 is 2.00 bits per heavy atom. The van der Waals surface area contributed by atoms with Crippen LogP contribution in [0.4, 0.5) is 4.79 Å². The van der Waals surface area contributed by atoms with Crippen LogP contribution >= 0.6 is 22.6 Å². The van der Waals surface area contributed by atoms with Gasteiger partial charge >= 0.3 is 6.09 Å². The van der Waals surface area contributed by atoms with Crippen LogP contribution in [0.15, 0.2) is 24.3 Å². The molecular weight excluding hydrogens is 293 g/mol. The van der Waals surface area contributed by atoms with Gasteiger partial charge in [-0.25, -0.2) is 4.79 Å². The summed E-state index contributed by atoms with van der Waals surface area (Å²) in [6, 6.07) is 7.86. The first-order valence-electron chi connectivity index (χ1n) is 4.35. The maximum atomic E-state index is 10.7. The van der Waals surface area contributed by atoms with Gasteiger partial charge in [0.15, 0.2) is 0 Å². The average Bonchev–Trinajstić information content (AvgIpc) is 2.16. The van der Waals surface area contributed by atoms with Crippen molar-refractivity contribution in [2.45, 2.75) is 13.5 Å². The molecule has 3 nitrogen and oxygen atoms in total. The second-order valence-corrected chi connectivity index (χ2v) is 4.17. The van der Waals surface area contributed by atoms with E-state index in [2.05, 4.69) is 22.6 Å². The SMILES string of the molecule is CCN(Cc1ccc(I)cc1)C(=O)O. The van der Waals surface area contributed by atoms with Crippen LogP contribution in [0.5, 0.6) is 0 Å². The zero-order chi connectivity index (χ0) is 10.6. The number of hydrogen-bond donors (Lipinski definition) is 1. The predicted octanol–water partition coefficient (Wildman–Crippen LogP) is 2.79. The summed E-state index contributed by atoms with van der Waals surface area (Å²) in [6.07, 6.45) is -0.869. The Bertz CT molecular complexity index is 310. The van der Waals surface area contributed by atoms with E-state index in [1.165, 1.54) is 4.90 Å². The quantitative estimate of drug-likeness (QED) is 0.872. The van der Waals surface area contributed by atoms with E-state index in [1.54, 1.807) is 0 Å². The smallest absolute Gasteiger partial charge is 0.407 e. The zero-order valence-electron chi connectivity index (χ0n) is 7.90. The van der Waals surface area contributed by atoms with Crippen molar-refractivity contribution in [3.05, 3.63) is 33.4 Å². The minimum Gasteiger partial charge on any atom is -0.465 e. The van der Waals surface area contributed by atoms with E-state index < -0.39 is 6.09 Å². The van der Waals surface area contributed by atoms with Crippen molar-refractivity contribution >= 4 is 28.7 Å². The Morgan fingerprint density at radius 3 is 2.43 bits per heavy atom. The molecule has 1 amide bonds. The average molecular weight is 305 g/mol. The summed E-state index contributed by atoms with van der Waals surface area (Å²) in [5.41, 5.74) is 1.02. The lowest BCUT2D eigenvalue weighted by Gasteiger charge is -2.16. The van der Waals surface area contributed by atoms with Gasteiger partial charge < -0.3 is 10.0 Å². The molecule has 1 aromatic carbocycles. The molecule has 0 aromatic heterocycles. The third-order valence-corrected chi connectivity index (χ3v) is 2.66. The number of carboxylic acid groups (broad SMARTS) is 1. The summed E-state index contributed by atoms with van der Waals surface area (Å²) >= 11 is 2.22. The predicted molar refractivity (Wildman–Crippen MR) is 63.3 cm³/mol. The molecule has 0 heterocycles. The summed E-state index contributed by atoms with van der Waals surface area (Å²) in [7, 11) is 0. The Balaban J connectivity index is 2.67. The van der Waals surface area contributed by atoms with Crippen LogP contribution in [0, 0.1) is 3.57 Å². The lowest BCUT2D eigenvalue weighted by atomic mass is 10.2. The second kappa shape index (κ2) is 5.19. The standard InChI is InChI=1S/C10H12INO2/c1-2-12(10(13)14)7-8-3-5-9(11)6-4-8/h3-6H,2,7H2,1H3,(H,13,14). The molecule has 0 saturated carbocycles. The van der Waals surface area contributed by atoms with E-state index in [0.29, 0.717) is 13.1 Å². The van der Waals surface area contributed by atoms with Gasteiger partial charge in [-0.05, 0) is 47.2 Å². The molecule has 0 radical (unpaired) electrons. The number of hydrogen-bond acceptors (Lipinski definition) is 1. The zero-order valence-corrected chi connectivity index (χ0v) is 10.1. The molecule has 4 heteroatoms. The van der Waals surface area contributed by atoms with Crippen molar-refractivity contribution in [3.63, 3.8) is 0 Å². The molecular formula is C10H12INO2. The summed E-state index contributed by atoms with van der Waals surface area (Å²) < 4.78 is 1.16. The van der Waals surface area contributed by atoms with Crippen molar-refractivity contribution in [2.24, 2.45) is 0 Å². The monoisotopic (exact) mass is 305 g/mol. The summed E-state index contributed by atoms with van der Waals surface area (Å²) in [4.78, 5) is 12.1. The molecule has 0 bridgehead atoms. The minimum atomic E-state index is -0.869. The Hall–Kier alpha value is -0.780. The van der Waals surface area contributed by atoms with Crippen LogP contribution in [0.1, 0.15) is 12.5 Å². The Kier molecular flexibility index (Phi) is 4.19. The summed E-state index contributed by atoms with van der Waals surface area (Å²) in [6.45, 7) is 2.81. The first-order valence-corrected chi connectivity index (χ1v) is 5.43. The van der Waals surface area contributed by atoms with Gasteiger partial charge in [0.05, 0.1) is 0 Å². The lowest BCUT2D eigenvalue weighted by molar-refractivity contribution is 0.145. The number of halogens is 1. The largest absolute Gasteiger partial charge is 0.465 e. The molecule has 0 aliphatic heterocycles. The fourth-order valence-electron chi connectivity index (χ4n) is 1.12. The van der Waals surface area contributed by atoms with Crippen molar-refractivity contribution in [3.8, 4) is 0 Å². The molecule has 1 rings (SSSR count). The minimum absolute atomic E-state index is 0.461. The Morgan fingerprint density at radius 1 is 1.43 bits per heavy atom. The highest BCUT2D eigenvalue weighted by molar-refractivity contribution is 14.1. The van der Waals surface area contributed by atoms with E-state index in [1.807, 2.05) is 31.2 Å². The van der Waals surface area contributed by atoms with E-state index >= 15 is 0 Å². The van der Waals surface area contributed by atoms with E-state index in [-0.39, 0.29) is 0 Å². The normalized spacial score (nSPS) is 9.86. The molecule has 1 aromatic rings. The highest BCUT2D eigenvalue weighted by Gasteiger charge is 2.08. The summed E-state index contributed by atoms with van der Waals surface area (Å²) in [5.74, 6) is 0. The van der Waals surface area contributed by atoms with Crippen molar-refractivity contribution in [1.82, 2.24) is 4.90 Å². The van der Waals surface area contributed by atoms with Crippen molar-refractivity contribution < 1.29 is 9.90 Å². The van der Waals surface area contributed by atoms with Gasteiger partial charge in [0, 0.05) is 16.7 Å². The summed E-state index contributed by atoms with van der Waals surface area (Å²) in [5, 5.41) is 8.81. The van der Waals surface area contributed by atoms with Gasteiger partial charge in [0.1, 0.15) is 0 Å². The highest BCUT2D eigenvalue weighted by atomic mass is 127. The van der Waals surface area contributed by atoms with Crippen LogP contribution in [-0.4, -0.2) is 22.6 Å². The number of benzene rings is 1. The number of nitrogens with zero attached hydrogens (tertiary/aromatic N) is 1. The lowest BCUT2D eigenvalue weighted by Crippen LogP contribution is -2.28. The van der Waals surface area contributed by atoms with Gasteiger partial charge in [-0.2, -0.15) is 0 Å². The van der Waals surface area contributed by atoms with Gasteiger partial charge in [0.2, 0.25) is 0 Å². The molecule has 0 saturated heterocycles. The van der Waals surface area contributed by atoms with Crippen molar-refractivity contribution in [1.29, 1.82) is 0 Å². The topological polar surface area (TPSA) is 40.5 Å². The molecule has 0 spiro atoms. The van der Waals surface area contributed by atoms with Crippen LogP contribution in [-0.2, 0) is 6.54 Å². The molecule has 0 aliphatic carbocycles. The first-order chi connectivity index (χ1) is 6.63. The maximum Gasteiger partial charge on any atom is 0.407 e. The van der Waals surface area contributed by atoms with E-state index in [0.717, 1.165) is 9.13 Å².